The first-order chi connectivity index (χ1) is 22.0. The Hall–Kier alpha value is -5.60. The molecule has 2 aliphatic heterocycles. The minimum absolute atomic E-state index is 0.0321. The van der Waals surface area contributed by atoms with E-state index in [1.807, 2.05) is 0 Å². The first-order valence-corrected chi connectivity index (χ1v) is 14.6. The van der Waals surface area contributed by atoms with E-state index in [2.05, 4.69) is 10.6 Å². The van der Waals surface area contributed by atoms with Crippen molar-refractivity contribution < 1.29 is 29.0 Å². The fraction of sp³-hybridized carbons (Fsp3) is 0.250. The molecule has 2 aliphatic rings. The molecular formula is C32H28N6O8. The summed E-state index contributed by atoms with van der Waals surface area (Å²) in [6.45, 7) is 4.24. The molecule has 0 saturated heterocycles. The van der Waals surface area contributed by atoms with Gasteiger partial charge in [-0.3, -0.25) is 49.2 Å². The molecule has 6 rings (SSSR count). The van der Waals surface area contributed by atoms with E-state index in [9.17, 15) is 39.4 Å². The van der Waals surface area contributed by atoms with E-state index >= 15 is 0 Å². The smallest absolute Gasteiger partial charge is 0.282 e. The van der Waals surface area contributed by atoms with Crippen molar-refractivity contribution >= 4 is 56.5 Å². The van der Waals surface area contributed by atoms with Gasteiger partial charge in [-0.05, 0) is 48.9 Å². The molecule has 0 bridgehead atoms. The number of rotatable bonds is 11. The molecule has 2 heterocycles. The molecule has 46 heavy (non-hydrogen) atoms. The highest BCUT2D eigenvalue weighted by molar-refractivity contribution is 6.28. The fourth-order valence-electron chi connectivity index (χ4n) is 6.22. The highest BCUT2D eigenvalue weighted by atomic mass is 16.6. The number of carbonyl (C=O) groups is 4. The van der Waals surface area contributed by atoms with E-state index < -0.39 is 33.5 Å². The zero-order valence-electron chi connectivity index (χ0n) is 24.8. The molecule has 4 aromatic rings. The summed E-state index contributed by atoms with van der Waals surface area (Å²) in [7, 11) is 0. The van der Waals surface area contributed by atoms with Gasteiger partial charge in [0.25, 0.3) is 35.0 Å². The Balaban J connectivity index is 1.07. The lowest BCUT2D eigenvalue weighted by Crippen LogP contribution is -2.50. The van der Waals surface area contributed by atoms with E-state index in [1.54, 1.807) is 50.2 Å². The number of hydrogen-bond acceptors (Lipinski definition) is 10. The molecule has 0 aliphatic carbocycles. The molecular weight excluding hydrogens is 596 g/mol. The van der Waals surface area contributed by atoms with Gasteiger partial charge in [0.1, 0.15) is 11.1 Å². The number of imide groups is 2. The van der Waals surface area contributed by atoms with Crippen molar-refractivity contribution in [1.82, 2.24) is 20.4 Å². The lowest BCUT2D eigenvalue weighted by molar-refractivity contribution is -0.385. The molecule has 0 spiro atoms. The predicted octanol–water partition coefficient (Wildman–Crippen LogP) is 3.66. The molecule has 0 saturated carbocycles. The number of amides is 4. The van der Waals surface area contributed by atoms with Crippen molar-refractivity contribution in [2.24, 2.45) is 0 Å². The summed E-state index contributed by atoms with van der Waals surface area (Å²) in [6.07, 6.45) is 0. The Morgan fingerprint density at radius 1 is 0.609 bits per heavy atom. The molecule has 0 unspecified atom stereocenters. The van der Waals surface area contributed by atoms with Gasteiger partial charge in [-0.2, -0.15) is 0 Å². The molecule has 2 atom stereocenters. The summed E-state index contributed by atoms with van der Waals surface area (Å²) < 4.78 is 0. The van der Waals surface area contributed by atoms with Gasteiger partial charge in [-0.1, -0.05) is 24.3 Å². The summed E-state index contributed by atoms with van der Waals surface area (Å²) >= 11 is 0. The van der Waals surface area contributed by atoms with Crippen molar-refractivity contribution in [3.05, 3.63) is 103 Å². The van der Waals surface area contributed by atoms with Crippen LogP contribution >= 0.6 is 0 Å². The highest BCUT2D eigenvalue weighted by Gasteiger charge is 2.39. The number of nitrogens with one attached hydrogen (secondary N) is 2. The third-order valence-corrected chi connectivity index (χ3v) is 8.33. The van der Waals surface area contributed by atoms with Gasteiger partial charge >= 0.3 is 0 Å². The lowest BCUT2D eigenvalue weighted by atomic mass is 9.92. The number of nitrogens with zero attached hydrogens (tertiary/aromatic N) is 4. The number of carbonyl (C=O) groups excluding carboxylic acids is 4. The van der Waals surface area contributed by atoms with Crippen molar-refractivity contribution in [2.75, 3.05) is 26.2 Å². The molecule has 2 N–H and O–H groups in total. The summed E-state index contributed by atoms with van der Waals surface area (Å²) in [5.41, 5.74) is -0.477. The van der Waals surface area contributed by atoms with Gasteiger partial charge in [0.05, 0.1) is 9.85 Å². The van der Waals surface area contributed by atoms with Crippen LogP contribution in [0.2, 0.25) is 0 Å². The number of hydrogen-bond donors (Lipinski definition) is 2. The third-order valence-electron chi connectivity index (χ3n) is 8.33. The normalized spacial score (nSPS) is 15.5. The minimum atomic E-state index is -0.727. The monoisotopic (exact) mass is 624 g/mol. The van der Waals surface area contributed by atoms with Crippen LogP contribution in [0, 0.1) is 20.2 Å². The van der Waals surface area contributed by atoms with Crippen LogP contribution in [0.25, 0.3) is 21.5 Å². The standard InChI is InChI=1S/C32H28N6O8/c1-17(15-35-29(39)21-7-3-5-19-9-11-23(37(43)44)27(25(19)21)31(35)41)33-13-14-34-18(2)16-36-30(40)22-8-4-6-20-10-12-24(38(45)46)28(26(20)22)32(36)42/h3-12,17-18,33-34H,13-16H2,1-2H3/t17-,18-/m1/s1. The maximum Gasteiger partial charge on any atom is 0.282 e. The quantitative estimate of drug-likeness (QED) is 0.108. The number of nitro groups is 2. The van der Waals surface area contributed by atoms with Crippen molar-refractivity contribution in [3.63, 3.8) is 0 Å². The van der Waals surface area contributed by atoms with Crippen LogP contribution in [0.15, 0.2) is 60.7 Å². The zero-order chi connectivity index (χ0) is 32.9. The molecule has 234 valence electrons. The first-order valence-electron chi connectivity index (χ1n) is 14.6. The Labute approximate surface area is 261 Å². The molecule has 0 fully saturated rings. The largest absolute Gasteiger partial charge is 0.311 e. The van der Waals surface area contributed by atoms with Crippen LogP contribution in [0.1, 0.15) is 55.3 Å². The van der Waals surface area contributed by atoms with E-state index in [4.69, 9.17) is 0 Å². The molecule has 4 amide bonds. The third kappa shape index (κ3) is 5.02. The SMILES string of the molecule is C[C@H](CN1C(=O)c2cccc3ccc([N+](=O)[O-])c(c23)C1=O)NCCN[C@H](C)CN1C(=O)c2cccc3ccc([N+](=O)[O-])c(c23)C1=O. The van der Waals surface area contributed by atoms with E-state index in [-0.39, 0.29) is 69.6 Å². The van der Waals surface area contributed by atoms with Crippen molar-refractivity contribution in [2.45, 2.75) is 25.9 Å². The van der Waals surface area contributed by atoms with Crippen LogP contribution in [0.3, 0.4) is 0 Å². The van der Waals surface area contributed by atoms with Gasteiger partial charge in [-0.25, -0.2) is 0 Å². The van der Waals surface area contributed by atoms with Crippen LogP contribution in [-0.4, -0.2) is 81.5 Å². The Morgan fingerprint density at radius 2 is 1.00 bits per heavy atom. The van der Waals surface area contributed by atoms with Crippen LogP contribution in [-0.2, 0) is 0 Å². The molecule has 14 heteroatoms. The molecule has 4 aromatic carbocycles. The van der Waals surface area contributed by atoms with Gasteiger partial charge in [-0.15, -0.1) is 0 Å². The second kappa shape index (κ2) is 11.7. The van der Waals surface area contributed by atoms with Crippen molar-refractivity contribution in [1.29, 1.82) is 0 Å². The van der Waals surface area contributed by atoms with E-state index in [0.717, 1.165) is 9.80 Å². The molecule has 0 radical (unpaired) electrons. The van der Waals surface area contributed by atoms with Crippen molar-refractivity contribution in [3.8, 4) is 0 Å². The molecule has 0 aromatic heterocycles. The average Bonchev–Trinajstić information content (AvgIpc) is 3.03. The van der Waals surface area contributed by atoms with Crippen LogP contribution in [0.4, 0.5) is 11.4 Å². The Kier molecular flexibility index (Phi) is 7.75. The predicted molar refractivity (Wildman–Crippen MR) is 167 cm³/mol. The van der Waals surface area contributed by atoms with Gasteiger partial charge in [0.15, 0.2) is 0 Å². The topological polar surface area (TPSA) is 185 Å². The number of nitro benzene ring substituents is 2. The zero-order valence-corrected chi connectivity index (χ0v) is 24.8. The highest BCUT2D eigenvalue weighted by Crippen LogP contribution is 2.37. The van der Waals surface area contributed by atoms with Crippen LogP contribution < -0.4 is 10.6 Å². The van der Waals surface area contributed by atoms with Gasteiger partial charge in [0, 0.05) is 72.3 Å². The summed E-state index contributed by atoms with van der Waals surface area (Å²) in [5, 5.41) is 31.5. The second-order valence-electron chi connectivity index (χ2n) is 11.4. The first kappa shape index (κ1) is 30.4. The fourth-order valence-corrected chi connectivity index (χ4v) is 6.22. The van der Waals surface area contributed by atoms with E-state index in [1.165, 1.54) is 24.3 Å². The Morgan fingerprint density at radius 3 is 1.37 bits per heavy atom. The average molecular weight is 625 g/mol. The van der Waals surface area contributed by atoms with Gasteiger partial charge in [0.2, 0.25) is 0 Å². The second-order valence-corrected chi connectivity index (χ2v) is 11.4. The maximum atomic E-state index is 13.4. The van der Waals surface area contributed by atoms with Crippen LogP contribution in [0.5, 0.6) is 0 Å². The summed E-state index contributed by atoms with van der Waals surface area (Å²) in [6, 6.07) is 14.7. The Bertz CT molecular complexity index is 1870. The van der Waals surface area contributed by atoms with E-state index in [0.29, 0.717) is 23.9 Å². The minimum Gasteiger partial charge on any atom is -0.311 e. The number of benzene rings is 4. The summed E-state index contributed by atoms with van der Waals surface area (Å²) in [5.74, 6) is -2.51. The molecule has 14 nitrogen and oxygen atoms in total. The van der Waals surface area contributed by atoms with Gasteiger partial charge < -0.3 is 10.6 Å². The maximum absolute atomic E-state index is 13.4. The summed E-state index contributed by atoms with van der Waals surface area (Å²) in [4.78, 5) is 77.6. The lowest BCUT2D eigenvalue weighted by Gasteiger charge is -2.30.